The van der Waals surface area contributed by atoms with Crippen LogP contribution in [0.25, 0.3) is 0 Å². The SMILES string of the molecule is CC1C(O)C(O)C(C)(C)C1C. The van der Waals surface area contributed by atoms with Gasteiger partial charge < -0.3 is 10.2 Å². The summed E-state index contributed by atoms with van der Waals surface area (Å²) in [6, 6.07) is 0. The first-order valence-electron chi connectivity index (χ1n) is 4.25. The summed E-state index contributed by atoms with van der Waals surface area (Å²) < 4.78 is 0. The predicted octanol–water partition coefficient (Wildman–Crippen LogP) is 1.02. The predicted molar refractivity (Wildman–Crippen MR) is 44.1 cm³/mol. The quantitative estimate of drug-likeness (QED) is 0.552. The van der Waals surface area contributed by atoms with E-state index in [-0.39, 0.29) is 11.3 Å². The smallest absolute Gasteiger partial charge is 0.0855 e. The van der Waals surface area contributed by atoms with Gasteiger partial charge in [-0.15, -0.1) is 0 Å². The van der Waals surface area contributed by atoms with Crippen molar-refractivity contribution in [2.45, 2.75) is 39.9 Å². The van der Waals surface area contributed by atoms with E-state index in [2.05, 4.69) is 6.92 Å². The number of rotatable bonds is 0. The van der Waals surface area contributed by atoms with E-state index in [1.54, 1.807) is 0 Å². The summed E-state index contributed by atoms with van der Waals surface area (Å²) in [6.07, 6.45) is -1.10. The molecule has 1 saturated carbocycles. The monoisotopic (exact) mass is 158 g/mol. The van der Waals surface area contributed by atoms with Crippen LogP contribution in [0, 0.1) is 17.3 Å². The molecule has 0 saturated heterocycles. The minimum absolute atomic E-state index is 0.140. The molecule has 4 unspecified atom stereocenters. The fourth-order valence-electron chi connectivity index (χ4n) is 1.97. The summed E-state index contributed by atoms with van der Waals surface area (Å²) in [6.45, 7) is 8.10. The van der Waals surface area contributed by atoms with Crippen molar-refractivity contribution in [3.8, 4) is 0 Å². The van der Waals surface area contributed by atoms with Crippen molar-refractivity contribution in [2.75, 3.05) is 0 Å². The molecule has 0 amide bonds. The van der Waals surface area contributed by atoms with Crippen molar-refractivity contribution in [3.63, 3.8) is 0 Å². The summed E-state index contributed by atoms with van der Waals surface area (Å²) in [5, 5.41) is 19.1. The van der Waals surface area contributed by atoms with Crippen molar-refractivity contribution < 1.29 is 10.2 Å². The lowest BCUT2D eigenvalue weighted by Gasteiger charge is -2.28. The molecule has 0 spiro atoms. The van der Waals surface area contributed by atoms with Crippen molar-refractivity contribution in [2.24, 2.45) is 17.3 Å². The third-order valence-electron chi connectivity index (χ3n) is 3.59. The van der Waals surface area contributed by atoms with Gasteiger partial charge in [-0.1, -0.05) is 27.7 Å². The summed E-state index contributed by atoms with van der Waals surface area (Å²) in [7, 11) is 0. The van der Waals surface area contributed by atoms with Crippen LogP contribution < -0.4 is 0 Å². The van der Waals surface area contributed by atoms with Crippen LogP contribution in [0.3, 0.4) is 0 Å². The summed E-state index contributed by atoms with van der Waals surface area (Å²) in [5.74, 6) is 0.590. The Labute approximate surface area is 68.2 Å². The van der Waals surface area contributed by atoms with E-state index in [4.69, 9.17) is 0 Å². The summed E-state index contributed by atoms with van der Waals surface area (Å²) >= 11 is 0. The highest BCUT2D eigenvalue weighted by Crippen LogP contribution is 2.46. The van der Waals surface area contributed by atoms with Gasteiger partial charge in [0.2, 0.25) is 0 Å². The molecular formula is C9H18O2. The van der Waals surface area contributed by atoms with E-state index in [1.165, 1.54) is 0 Å². The minimum atomic E-state index is -0.563. The first kappa shape index (κ1) is 9.01. The fourth-order valence-corrected chi connectivity index (χ4v) is 1.97. The number of aliphatic hydroxyl groups excluding tert-OH is 2. The lowest BCUT2D eigenvalue weighted by molar-refractivity contribution is -0.0179. The first-order valence-corrected chi connectivity index (χ1v) is 4.25. The Morgan fingerprint density at radius 3 is 1.64 bits per heavy atom. The Hall–Kier alpha value is -0.0800. The molecule has 2 heteroatoms. The lowest BCUT2D eigenvalue weighted by atomic mass is 9.79. The molecule has 2 nitrogen and oxygen atoms in total. The zero-order valence-electron chi connectivity index (χ0n) is 7.70. The van der Waals surface area contributed by atoms with Gasteiger partial charge in [0.05, 0.1) is 12.2 Å². The molecular weight excluding hydrogens is 140 g/mol. The Balaban J connectivity index is 2.87. The largest absolute Gasteiger partial charge is 0.390 e. The Bertz CT molecular complexity index is 138. The Kier molecular flexibility index (Phi) is 2.01. The maximum Gasteiger partial charge on any atom is 0.0855 e. The molecule has 0 aliphatic heterocycles. The molecule has 0 aromatic heterocycles. The fraction of sp³-hybridized carbons (Fsp3) is 1.00. The van der Waals surface area contributed by atoms with Gasteiger partial charge in [-0.3, -0.25) is 0 Å². The topological polar surface area (TPSA) is 40.5 Å². The summed E-state index contributed by atoms with van der Waals surface area (Å²) in [5.41, 5.74) is -0.140. The Morgan fingerprint density at radius 2 is 1.55 bits per heavy atom. The molecule has 1 aliphatic rings. The number of aliphatic hydroxyl groups is 2. The number of hydrogen-bond acceptors (Lipinski definition) is 2. The van der Waals surface area contributed by atoms with Crippen LogP contribution in [0.15, 0.2) is 0 Å². The molecule has 1 fully saturated rings. The van der Waals surface area contributed by atoms with Gasteiger partial charge in [0.25, 0.3) is 0 Å². The van der Waals surface area contributed by atoms with Gasteiger partial charge in [-0.2, -0.15) is 0 Å². The van der Waals surface area contributed by atoms with Crippen molar-refractivity contribution in [1.82, 2.24) is 0 Å². The third-order valence-corrected chi connectivity index (χ3v) is 3.59. The number of hydrogen-bond donors (Lipinski definition) is 2. The second-order valence-electron chi connectivity index (χ2n) is 4.40. The molecule has 0 heterocycles. The van der Waals surface area contributed by atoms with Crippen LogP contribution >= 0.6 is 0 Å². The van der Waals surface area contributed by atoms with Gasteiger partial charge in [0.1, 0.15) is 0 Å². The van der Waals surface area contributed by atoms with E-state index in [0.717, 1.165) is 0 Å². The van der Waals surface area contributed by atoms with Gasteiger partial charge >= 0.3 is 0 Å². The minimum Gasteiger partial charge on any atom is -0.390 e. The van der Waals surface area contributed by atoms with Crippen molar-refractivity contribution >= 4 is 0 Å². The normalized spacial score (nSPS) is 49.6. The second-order valence-corrected chi connectivity index (χ2v) is 4.40. The molecule has 66 valence electrons. The molecule has 1 aliphatic carbocycles. The van der Waals surface area contributed by atoms with Crippen LogP contribution in [-0.4, -0.2) is 22.4 Å². The molecule has 0 aromatic rings. The van der Waals surface area contributed by atoms with E-state index in [9.17, 15) is 10.2 Å². The molecule has 2 N–H and O–H groups in total. The standard InChI is InChI=1S/C9H18O2/c1-5-6(2)9(3,4)8(11)7(5)10/h5-8,10-11H,1-4H3. The van der Waals surface area contributed by atoms with E-state index >= 15 is 0 Å². The molecule has 1 rings (SSSR count). The van der Waals surface area contributed by atoms with Gasteiger partial charge in [-0.25, -0.2) is 0 Å². The maximum absolute atomic E-state index is 9.62. The summed E-state index contributed by atoms with van der Waals surface area (Å²) in [4.78, 5) is 0. The third kappa shape index (κ3) is 1.09. The highest BCUT2D eigenvalue weighted by molar-refractivity contribution is 4.99. The van der Waals surface area contributed by atoms with Gasteiger partial charge in [-0.05, 0) is 17.3 Å². The van der Waals surface area contributed by atoms with Crippen molar-refractivity contribution in [3.05, 3.63) is 0 Å². The van der Waals surface area contributed by atoms with Crippen LogP contribution in [-0.2, 0) is 0 Å². The van der Waals surface area contributed by atoms with Gasteiger partial charge in [0, 0.05) is 0 Å². The highest BCUT2D eigenvalue weighted by atomic mass is 16.3. The highest BCUT2D eigenvalue weighted by Gasteiger charge is 2.50. The molecule has 0 aromatic carbocycles. The average molecular weight is 158 g/mol. The molecule has 0 radical (unpaired) electrons. The van der Waals surface area contributed by atoms with Crippen LogP contribution in [0.2, 0.25) is 0 Å². The van der Waals surface area contributed by atoms with E-state index in [0.29, 0.717) is 5.92 Å². The molecule has 11 heavy (non-hydrogen) atoms. The molecule has 4 atom stereocenters. The van der Waals surface area contributed by atoms with Crippen molar-refractivity contribution in [1.29, 1.82) is 0 Å². The molecule has 0 bridgehead atoms. The first-order chi connectivity index (χ1) is 4.89. The second kappa shape index (κ2) is 2.46. The van der Waals surface area contributed by atoms with E-state index in [1.807, 2.05) is 20.8 Å². The van der Waals surface area contributed by atoms with Crippen LogP contribution in [0.1, 0.15) is 27.7 Å². The average Bonchev–Trinajstić information content (AvgIpc) is 2.06. The van der Waals surface area contributed by atoms with Crippen LogP contribution in [0.5, 0.6) is 0 Å². The maximum atomic E-state index is 9.62. The zero-order chi connectivity index (χ0) is 8.81. The Morgan fingerprint density at radius 1 is 1.09 bits per heavy atom. The van der Waals surface area contributed by atoms with Crippen LogP contribution in [0.4, 0.5) is 0 Å². The zero-order valence-corrected chi connectivity index (χ0v) is 7.70. The van der Waals surface area contributed by atoms with Gasteiger partial charge in [0.15, 0.2) is 0 Å². The lowest BCUT2D eigenvalue weighted by Crippen LogP contribution is -2.33. The van der Waals surface area contributed by atoms with E-state index < -0.39 is 12.2 Å².